The van der Waals surface area contributed by atoms with Gasteiger partial charge in [0.05, 0.1) is 5.69 Å². The van der Waals surface area contributed by atoms with Crippen LogP contribution in [0.5, 0.6) is 0 Å². The van der Waals surface area contributed by atoms with Crippen molar-refractivity contribution in [3.63, 3.8) is 0 Å². The molecule has 0 aliphatic carbocycles. The molecule has 0 saturated heterocycles. The molecule has 33 heavy (non-hydrogen) atoms. The number of anilines is 2. The molecule has 3 aromatic rings. The minimum Gasteiger partial charge on any atom is -0.324 e. The second-order valence-electron chi connectivity index (χ2n) is 8.03. The summed E-state index contributed by atoms with van der Waals surface area (Å²) in [6.45, 7) is 7.08. The number of benzene rings is 2. The molecule has 0 aliphatic heterocycles. The van der Waals surface area contributed by atoms with Gasteiger partial charge in [-0.25, -0.2) is 4.68 Å². The fourth-order valence-corrected chi connectivity index (χ4v) is 3.44. The zero-order valence-electron chi connectivity index (χ0n) is 19.1. The molecule has 1 atom stereocenters. The Morgan fingerprint density at radius 2 is 1.67 bits per heavy atom. The van der Waals surface area contributed by atoms with Gasteiger partial charge in [0.25, 0.3) is 5.56 Å². The summed E-state index contributed by atoms with van der Waals surface area (Å²) in [5.74, 6) is -1.01. The maximum Gasteiger partial charge on any atom is 0.291 e. The van der Waals surface area contributed by atoms with E-state index < -0.39 is 17.5 Å². The maximum atomic E-state index is 13.3. The third-order valence-electron chi connectivity index (χ3n) is 5.30. The lowest BCUT2D eigenvalue weighted by Crippen LogP contribution is -2.37. The fraction of sp³-hybridized carbons (Fsp3) is 0.280. The molecule has 0 spiro atoms. The average Bonchev–Trinajstić information content (AvgIpc) is 2.80. The molecule has 0 fully saturated rings. The van der Waals surface area contributed by atoms with Crippen LogP contribution < -0.4 is 16.2 Å². The molecule has 172 valence electrons. The largest absolute Gasteiger partial charge is 0.324 e. The van der Waals surface area contributed by atoms with Gasteiger partial charge in [-0.1, -0.05) is 68.8 Å². The Bertz CT molecular complexity index is 1220. The Balaban J connectivity index is 2.08. The summed E-state index contributed by atoms with van der Waals surface area (Å²) >= 11 is 6.18. The van der Waals surface area contributed by atoms with Crippen molar-refractivity contribution in [1.82, 2.24) is 9.78 Å². The van der Waals surface area contributed by atoms with Crippen molar-refractivity contribution < 1.29 is 9.59 Å². The maximum absolute atomic E-state index is 13.3. The zero-order chi connectivity index (χ0) is 24.1. The van der Waals surface area contributed by atoms with Gasteiger partial charge in [0.2, 0.25) is 11.8 Å². The molecule has 0 saturated carbocycles. The summed E-state index contributed by atoms with van der Waals surface area (Å²) in [5, 5.41) is 10.6. The van der Waals surface area contributed by atoms with E-state index in [0.29, 0.717) is 22.8 Å². The van der Waals surface area contributed by atoms with Gasteiger partial charge < -0.3 is 10.6 Å². The highest BCUT2D eigenvalue weighted by Gasteiger charge is 2.25. The summed E-state index contributed by atoms with van der Waals surface area (Å²) in [6.07, 6.45) is 0.314. The van der Waals surface area contributed by atoms with Gasteiger partial charge in [-0.3, -0.25) is 14.4 Å². The molecule has 3 rings (SSSR count). The molecule has 2 N–H and O–H groups in total. The van der Waals surface area contributed by atoms with Crippen molar-refractivity contribution in [3.05, 3.63) is 75.5 Å². The van der Waals surface area contributed by atoms with Crippen molar-refractivity contribution in [2.75, 3.05) is 10.6 Å². The van der Waals surface area contributed by atoms with Gasteiger partial charge in [-0.05, 0) is 37.1 Å². The number of carbonyl (C=O) groups excluding carboxylic acids is 2. The average molecular weight is 467 g/mol. The van der Waals surface area contributed by atoms with Crippen molar-refractivity contribution in [2.45, 2.75) is 40.2 Å². The molecule has 2 amide bonds. The number of nitrogens with zero attached hydrogens (tertiary/aromatic N) is 2. The standard InChI is InChI=1S/C25H27ClN4O3/c1-5-22(24(32)27-19-13-9-12-18(26)16(19)4)30-25(33)21(28-23(31)15(2)3)14-20(29-30)17-10-7-6-8-11-17/h6-15,22H,5H2,1-4H3,(H,27,32)(H,28,31)/t22-/m0/s1. The lowest BCUT2D eigenvalue weighted by molar-refractivity contribution is -0.120. The predicted octanol–water partition coefficient (Wildman–Crippen LogP) is 5.06. The second kappa shape index (κ2) is 10.4. The molecule has 0 unspecified atom stereocenters. The van der Waals surface area contributed by atoms with Crippen LogP contribution in [0.2, 0.25) is 5.02 Å². The van der Waals surface area contributed by atoms with Gasteiger partial charge >= 0.3 is 0 Å². The van der Waals surface area contributed by atoms with Crippen LogP contribution in [0.3, 0.4) is 0 Å². The van der Waals surface area contributed by atoms with Crippen LogP contribution in [-0.4, -0.2) is 21.6 Å². The van der Waals surface area contributed by atoms with E-state index in [-0.39, 0.29) is 17.5 Å². The minimum atomic E-state index is -0.894. The Morgan fingerprint density at radius 1 is 1.00 bits per heavy atom. The Labute approximate surface area is 197 Å². The fourth-order valence-electron chi connectivity index (χ4n) is 3.27. The number of aromatic nitrogens is 2. The summed E-state index contributed by atoms with van der Waals surface area (Å²) in [7, 11) is 0. The SMILES string of the molecule is CC[C@@H](C(=O)Nc1cccc(Cl)c1C)n1nc(-c2ccccc2)cc(NC(=O)C(C)C)c1=O. The number of hydrogen-bond acceptors (Lipinski definition) is 4. The highest BCUT2D eigenvalue weighted by atomic mass is 35.5. The van der Waals surface area contributed by atoms with E-state index in [4.69, 9.17) is 11.6 Å². The van der Waals surface area contributed by atoms with Crippen LogP contribution in [0, 0.1) is 12.8 Å². The molecule has 0 radical (unpaired) electrons. The summed E-state index contributed by atoms with van der Waals surface area (Å²) in [6, 6.07) is 15.1. The number of halogens is 1. The molecule has 1 heterocycles. The molecule has 7 nitrogen and oxygen atoms in total. The number of rotatable bonds is 7. The normalized spacial score (nSPS) is 11.8. The highest BCUT2D eigenvalue weighted by molar-refractivity contribution is 6.31. The predicted molar refractivity (Wildman–Crippen MR) is 132 cm³/mol. The smallest absolute Gasteiger partial charge is 0.291 e. The molecule has 0 aliphatic rings. The molecule has 8 heteroatoms. The third kappa shape index (κ3) is 5.49. The summed E-state index contributed by atoms with van der Waals surface area (Å²) in [5.41, 5.74) is 2.05. The summed E-state index contributed by atoms with van der Waals surface area (Å²) < 4.78 is 1.15. The first-order valence-electron chi connectivity index (χ1n) is 10.8. The van der Waals surface area contributed by atoms with Gasteiger partial charge in [0, 0.05) is 22.2 Å². The van der Waals surface area contributed by atoms with E-state index in [9.17, 15) is 14.4 Å². The first kappa shape index (κ1) is 24.2. The van der Waals surface area contributed by atoms with Crippen molar-refractivity contribution in [2.24, 2.45) is 5.92 Å². The Kier molecular flexibility index (Phi) is 7.66. The minimum absolute atomic E-state index is 0.0766. The van der Waals surface area contributed by atoms with Crippen molar-refractivity contribution in [1.29, 1.82) is 0 Å². The first-order chi connectivity index (χ1) is 15.7. The van der Waals surface area contributed by atoms with Crippen LogP contribution in [0.25, 0.3) is 11.3 Å². The van der Waals surface area contributed by atoms with Crippen LogP contribution in [0.1, 0.15) is 38.8 Å². The number of nitrogens with one attached hydrogen (secondary N) is 2. The number of amides is 2. The lowest BCUT2D eigenvalue weighted by atomic mass is 10.1. The van der Waals surface area contributed by atoms with Crippen LogP contribution >= 0.6 is 11.6 Å². The van der Waals surface area contributed by atoms with Gasteiger partial charge in [0.15, 0.2) is 0 Å². The highest BCUT2D eigenvalue weighted by Crippen LogP contribution is 2.25. The lowest BCUT2D eigenvalue weighted by Gasteiger charge is -2.20. The first-order valence-corrected chi connectivity index (χ1v) is 11.2. The molecular weight excluding hydrogens is 440 g/mol. The van der Waals surface area contributed by atoms with Gasteiger partial charge in [-0.15, -0.1) is 0 Å². The number of carbonyl (C=O) groups is 2. The molecule has 2 aromatic carbocycles. The molecule has 1 aromatic heterocycles. The van der Waals surface area contributed by atoms with Crippen molar-refractivity contribution in [3.8, 4) is 11.3 Å². The van der Waals surface area contributed by atoms with E-state index in [1.54, 1.807) is 52.0 Å². The van der Waals surface area contributed by atoms with Crippen LogP contribution in [0.15, 0.2) is 59.4 Å². The topological polar surface area (TPSA) is 93.1 Å². The zero-order valence-corrected chi connectivity index (χ0v) is 19.8. The molecule has 0 bridgehead atoms. The van der Waals surface area contributed by atoms with E-state index in [2.05, 4.69) is 15.7 Å². The van der Waals surface area contributed by atoms with E-state index >= 15 is 0 Å². The third-order valence-corrected chi connectivity index (χ3v) is 5.71. The molecular formula is C25H27ClN4O3. The van der Waals surface area contributed by atoms with Crippen molar-refractivity contribution >= 4 is 34.8 Å². The van der Waals surface area contributed by atoms with E-state index in [0.717, 1.165) is 15.8 Å². The Hall–Kier alpha value is -3.45. The number of hydrogen-bond donors (Lipinski definition) is 2. The van der Waals surface area contributed by atoms with E-state index in [1.165, 1.54) is 0 Å². The Morgan fingerprint density at radius 3 is 2.30 bits per heavy atom. The monoisotopic (exact) mass is 466 g/mol. The van der Waals surface area contributed by atoms with Crippen LogP contribution in [0.4, 0.5) is 11.4 Å². The van der Waals surface area contributed by atoms with Gasteiger partial charge in [-0.2, -0.15) is 5.10 Å². The van der Waals surface area contributed by atoms with Gasteiger partial charge in [0.1, 0.15) is 11.7 Å². The quantitative estimate of drug-likeness (QED) is 0.509. The van der Waals surface area contributed by atoms with Crippen LogP contribution in [-0.2, 0) is 9.59 Å². The second-order valence-corrected chi connectivity index (χ2v) is 8.44. The van der Waals surface area contributed by atoms with E-state index in [1.807, 2.05) is 30.3 Å². The summed E-state index contributed by atoms with van der Waals surface area (Å²) in [4.78, 5) is 38.8.